The molecular weight excluding hydrogens is 424 g/mol. The molecular formula is C14H10ClF10NO. The van der Waals surface area contributed by atoms with Crippen LogP contribution in [0.4, 0.5) is 43.9 Å². The molecule has 0 aromatic heterocycles. The smallest absolute Gasteiger partial charge is 0.344 e. The minimum atomic E-state index is -7.37. The lowest BCUT2D eigenvalue weighted by molar-refractivity contribution is -0.382. The van der Waals surface area contributed by atoms with Gasteiger partial charge >= 0.3 is 29.1 Å². The van der Waals surface area contributed by atoms with Crippen LogP contribution >= 0.6 is 11.6 Å². The van der Waals surface area contributed by atoms with Crippen LogP contribution in [0.5, 0.6) is 0 Å². The molecule has 0 heterocycles. The SMILES string of the molecule is CC(NC(=O)C(F)(F)C(F)(F)C(F)(F)C(F)(F)C(F)(F)Cl)c1ccccc1. The van der Waals surface area contributed by atoms with E-state index in [-0.39, 0.29) is 5.56 Å². The van der Waals surface area contributed by atoms with Gasteiger partial charge in [-0.2, -0.15) is 43.9 Å². The van der Waals surface area contributed by atoms with Crippen molar-refractivity contribution in [1.29, 1.82) is 0 Å². The number of nitrogens with one attached hydrogen (secondary N) is 1. The maximum Gasteiger partial charge on any atom is 0.393 e. The summed E-state index contributed by atoms with van der Waals surface area (Å²) in [7, 11) is 0. The Hall–Kier alpha value is -1.72. The molecule has 1 aromatic carbocycles. The van der Waals surface area contributed by atoms with Crippen molar-refractivity contribution in [1.82, 2.24) is 5.32 Å². The summed E-state index contributed by atoms with van der Waals surface area (Å²) in [5.41, 5.74) is 0.0781. The third kappa shape index (κ3) is 3.81. The van der Waals surface area contributed by atoms with Crippen LogP contribution in [0.25, 0.3) is 0 Å². The predicted octanol–water partition coefficient (Wildman–Crippen LogP) is 5.24. The summed E-state index contributed by atoms with van der Waals surface area (Å²) >= 11 is 3.67. The van der Waals surface area contributed by atoms with Crippen LogP contribution in [0.3, 0.4) is 0 Å². The van der Waals surface area contributed by atoms with Crippen LogP contribution in [0, 0.1) is 0 Å². The summed E-state index contributed by atoms with van der Waals surface area (Å²) in [6, 6.07) is 5.26. The largest absolute Gasteiger partial charge is 0.393 e. The highest BCUT2D eigenvalue weighted by Crippen LogP contribution is 2.57. The molecule has 1 rings (SSSR count). The third-order valence-electron chi connectivity index (χ3n) is 3.47. The van der Waals surface area contributed by atoms with E-state index in [4.69, 9.17) is 0 Å². The standard InChI is InChI=1S/C14H10ClF10NO/c1-7(8-5-3-2-4-6-8)26-9(27)10(16,17)11(18,19)12(20,21)13(22,23)14(15,24)25/h2-7H,1H3,(H,26,27). The first-order valence-corrected chi connectivity index (χ1v) is 7.23. The molecule has 0 aliphatic heterocycles. The van der Waals surface area contributed by atoms with E-state index >= 15 is 0 Å². The van der Waals surface area contributed by atoms with Crippen molar-refractivity contribution < 1.29 is 48.7 Å². The fraction of sp³-hybridized carbons (Fsp3) is 0.500. The van der Waals surface area contributed by atoms with E-state index in [1.165, 1.54) is 35.6 Å². The van der Waals surface area contributed by atoms with Gasteiger partial charge in [-0.15, -0.1) is 0 Å². The predicted molar refractivity (Wildman–Crippen MR) is 73.6 cm³/mol. The van der Waals surface area contributed by atoms with Crippen molar-refractivity contribution in [2.45, 2.75) is 42.0 Å². The van der Waals surface area contributed by atoms with Gasteiger partial charge in [-0.1, -0.05) is 30.3 Å². The molecule has 2 nitrogen and oxygen atoms in total. The Kier molecular flexibility index (Phi) is 6.07. The number of hydrogen-bond acceptors (Lipinski definition) is 1. The maximum absolute atomic E-state index is 13.6. The zero-order chi connectivity index (χ0) is 21.5. The molecule has 0 aliphatic rings. The van der Waals surface area contributed by atoms with E-state index in [0.717, 1.165) is 6.92 Å². The van der Waals surface area contributed by atoms with E-state index in [0.29, 0.717) is 0 Å². The minimum absolute atomic E-state index is 0.0781. The summed E-state index contributed by atoms with van der Waals surface area (Å²) in [4.78, 5) is 11.4. The van der Waals surface area contributed by atoms with Crippen LogP contribution in [0.1, 0.15) is 18.5 Å². The molecule has 0 fully saturated rings. The van der Waals surface area contributed by atoms with Gasteiger partial charge in [-0.25, -0.2) is 0 Å². The molecule has 154 valence electrons. The summed E-state index contributed by atoms with van der Waals surface area (Å²) < 4.78 is 131. The van der Waals surface area contributed by atoms with Gasteiger partial charge < -0.3 is 5.32 Å². The summed E-state index contributed by atoms with van der Waals surface area (Å²) in [6.07, 6.45) is 0. The topological polar surface area (TPSA) is 29.1 Å². The molecule has 0 saturated heterocycles. The highest BCUT2D eigenvalue weighted by Gasteiger charge is 2.87. The van der Waals surface area contributed by atoms with Crippen molar-refractivity contribution in [2.75, 3.05) is 0 Å². The van der Waals surface area contributed by atoms with Crippen molar-refractivity contribution in [2.24, 2.45) is 0 Å². The van der Waals surface area contributed by atoms with Crippen LogP contribution in [-0.2, 0) is 4.79 Å². The van der Waals surface area contributed by atoms with Gasteiger partial charge in [0.1, 0.15) is 0 Å². The van der Waals surface area contributed by atoms with Gasteiger partial charge in [-0.05, 0) is 24.1 Å². The fourth-order valence-electron chi connectivity index (χ4n) is 1.83. The Balaban J connectivity index is 3.21. The quantitative estimate of drug-likeness (QED) is 0.463. The number of amides is 1. The molecule has 1 aromatic rings. The number of carbonyl (C=O) groups excluding carboxylic acids is 1. The molecule has 13 heteroatoms. The Bertz CT molecular complexity index is 674. The molecule has 0 saturated carbocycles. The van der Waals surface area contributed by atoms with Gasteiger partial charge in [-0.3, -0.25) is 4.79 Å². The van der Waals surface area contributed by atoms with Crippen LogP contribution in [0.15, 0.2) is 30.3 Å². The second kappa shape index (κ2) is 7.02. The second-order valence-electron chi connectivity index (χ2n) is 5.40. The van der Waals surface area contributed by atoms with Crippen molar-refractivity contribution in [3.8, 4) is 0 Å². The van der Waals surface area contributed by atoms with Crippen molar-refractivity contribution in [3.63, 3.8) is 0 Å². The van der Waals surface area contributed by atoms with E-state index in [9.17, 15) is 48.7 Å². The number of rotatable bonds is 7. The highest BCUT2D eigenvalue weighted by atomic mass is 35.5. The third-order valence-corrected chi connectivity index (χ3v) is 3.71. The number of alkyl halides is 11. The molecule has 27 heavy (non-hydrogen) atoms. The van der Waals surface area contributed by atoms with Crippen LogP contribution < -0.4 is 5.32 Å². The monoisotopic (exact) mass is 433 g/mol. The summed E-state index contributed by atoms with van der Waals surface area (Å²) in [5.74, 6) is -31.2. The van der Waals surface area contributed by atoms with Crippen molar-refractivity contribution in [3.05, 3.63) is 35.9 Å². The van der Waals surface area contributed by atoms with E-state index in [2.05, 4.69) is 11.6 Å². The van der Waals surface area contributed by atoms with Gasteiger partial charge in [0.05, 0.1) is 6.04 Å². The lowest BCUT2D eigenvalue weighted by Crippen LogP contribution is -2.69. The summed E-state index contributed by atoms with van der Waals surface area (Å²) in [6.45, 7) is 1.00. The Morgan fingerprint density at radius 3 is 1.70 bits per heavy atom. The van der Waals surface area contributed by atoms with E-state index < -0.39 is 41.0 Å². The lowest BCUT2D eigenvalue weighted by atomic mass is 9.97. The Labute approximate surface area is 150 Å². The zero-order valence-corrected chi connectivity index (χ0v) is 13.8. The number of halogens is 11. The molecule has 1 atom stereocenters. The molecule has 0 bridgehead atoms. The minimum Gasteiger partial charge on any atom is -0.344 e. The van der Waals surface area contributed by atoms with E-state index in [1.807, 2.05) is 0 Å². The Morgan fingerprint density at radius 1 is 0.852 bits per heavy atom. The molecule has 1 N–H and O–H groups in total. The average Bonchev–Trinajstić information content (AvgIpc) is 2.53. The molecule has 0 aliphatic carbocycles. The molecule has 0 spiro atoms. The van der Waals surface area contributed by atoms with Crippen LogP contribution in [0.2, 0.25) is 0 Å². The Morgan fingerprint density at radius 2 is 1.30 bits per heavy atom. The number of carbonyl (C=O) groups is 1. The first-order chi connectivity index (χ1) is 11.9. The van der Waals surface area contributed by atoms with Gasteiger partial charge in [0.2, 0.25) is 0 Å². The maximum atomic E-state index is 13.6. The van der Waals surface area contributed by atoms with E-state index in [1.54, 1.807) is 0 Å². The lowest BCUT2D eigenvalue weighted by Gasteiger charge is -2.37. The van der Waals surface area contributed by atoms with Gasteiger partial charge in [0.25, 0.3) is 5.91 Å². The average molecular weight is 434 g/mol. The second-order valence-corrected chi connectivity index (χ2v) is 5.88. The zero-order valence-electron chi connectivity index (χ0n) is 13.0. The van der Waals surface area contributed by atoms with Gasteiger partial charge in [0, 0.05) is 0 Å². The number of benzene rings is 1. The molecule has 1 amide bonds. The first-order valence-electron chi connectivity index (χ1n) is 6.85. The molecule has 0 radical (unpaired) electrons. The van der Waals surface area contributed by atoms with Crippen molar-refractivity contribution >= 4 is 17.5 Å². The highest BCUT2D eigenvalue weighted by molar-refractivity contribution is 6.22. The van der Waals surface area contributed by atoms with Gasteiger partial charge in [0.15, 0.2) is 0 Å². The molecule has 1 unspecified atom stereocenters. The summed E-state index contributed by atoms with van der Waals surface area (Å²) in [5, 5.41) is -5.06. The number of hydrogen-bond donors (Lipinski definition) is 1. The normalized spacial score (nSPS) is 15.4. The first kappa shape index (κ1) is 23.3. The fourth-order valence-corrected chi connectivity index (χ4v) is 1.95. The van der Waals surface area contributed by atoms with Crippen LogP contribution in [-0.4, -0.2) is 35.0 Å².